The van der Waals surface area contributed by atoms with Gasteiger partial charge in [-0.2, -0.15) is 0 Å². The molecule has 0 radical (unpaired) electrons. The Hall–Kier alpha value is -2.73. The van der Waals surface area contributed by atoms with Gasteiger partial charge in [-0.25, -0.2) is 4.39 Å². The van der Waals surface area contributed by atoms with E-state index in [1.807, 2.05) is 21.9 Å². The number of carbonyl (C=O) groups is 2. The van der Waals surface area contributed by atoms with E-state index >= 15 is 0 Å². The van der Waals surface area contributed by atoms with Crippen LogP contribution in [0.4, 0.5) is 4.39 Å². The number of rotatable bonds is 6. The standard InChI is InChI=1S/C24H28FN3O2/c25-21-9-7-18(8-10-21)11-12-26-23(29)17-28-16-20-6-2-1-5-19(20)15-22(28)24(30)27-13-3-4-14-27/h1-2,5-10,22H,3-4,11-17H2,(H,26,29)/t22-/m1/s1. The van der Waals surface area contributed by atoms with E-state index in [4.69, 9.17) is 0 Å². The van der Waals surface area contributed by atoms with Crippen LogP contribution in [0.15, 0.2) is 48.5 Å². The molecule has 0 aliphatic carbocycles. The molecule has 2 aliphatic rings. The molecule has 2 aromatic carbocycles. The van der Waals surface area contributed by atoms with Crippen LogP contribution in [0.25, 0.3) is 0 Å². The Morgan fingerprint density at radius 2 is 1.70 bits per heavy atom. The first-order valence-corrected chi connectivity index (χ1v) is 10.7. The summed E-state index contributed by atoms with van der Waals surface area (Å²) in [5.41, 5.74) is 3.36. The van der Waals surface area contributed by atoms with Gasteiger partial charge in [-0.1, -0.05) is 36.4 Å². The third-order valence-corrected chi connectivity index (χ3v) is 6.04. The monoisotopic (exact) mass is 409 g/mol. The molecule has 2 heterocycles. The van der Waals surface area contributed by atoms with Crippen molar-refractivity contribution in [3.63, 3.8) is 0 Å². The van der Waals surface area contributed by atoms with Gasteiger partial charge >= 0.3 is 0 Å². The van der Waals surface area contributed by atoms with E-state index < -0.39 is 0 Å². The largest absolute Gasteiger partial charge is 0.355 e. The molecular formula is C24H28FN3O2. The highest BCUT2D eigenvalue weighted by Gasteiger charge is 2.35. The number of nitrogens with one attached hydrogen (secondary N) is 1. The van der Waals surface area contributed by atoms with Gasteiger partial charge in [-0.3, -0.25) is 14.5 Å². The highest BCUT2D eigenvalue weighted by molar-refractivity contribution is 5.84. The van der Waals surface area contributed by atoms with Crippen LogP contribution in [0, 0.1) is 5.82 Å². The predicted octanol–water partition coefficient (Wildman–Crippen LogP) is 2.53. The van der Waals surface area contributed by atoms with E-state index in [2.05, 4.69) is 17.4 Å². The molecule has 158 valence electrons. The van der Waals surface area contributed by atoms with Crippen molar-refractivity contribution in [1.82, 2.24) is 15.1 Å². The van der Waals surface area contributed by atoms with Crippen LogP contribution in [-0.2, 0) is 29.0 Å². The quantitative estimate of drug-likeness (QED) is 0.798. The minimum atomic E-state index is -0.291. The van der Waals surface area contributed by atoms with E-state index in [0.29, 0.717) is 25.9 Å². The average Bonchev–Trinajstić information content (AvgIpc) is 3.29. The third-order valence-electron chi connectivity index (χ3n) is 6.04. The Morgan fingerprint density at radius 1 is 1.00 bits per heavy atom. The Kier molecular flexibility index (Phi) is 6.43. The van der Waals surface area contributed by atoms with Crippen molar-refractivity contribution in [2.45, 2.75) is 38.3 Å². The summed E-state index contributed by atoms with van der Waals surface area (Å²) in [4.78, 5) is 29.7. The van der Waals surface area contributed by atoms with Crippen LogP contribution in [0.2, 0.25) is 0 Å². The van der Waals surface area contributed by atoms with Gasteiger partial charge in [0.1, 0.15) is 5.82 Å². The summed E-state index contributed by atoms with van der Waals surface area (Å²) in [7, 11) is 0. The van der Waals surface area contributed by atoms with E-state index in [1.165, 1.54) is 23.3 Å². The molecule has 5 nitrogen and oxygen atoms in total. The maximum absolute atomic E-state index is 13.2. The third kappa shape index (κ3) is 4.87. The second kappa shape index (κ2) is 9.39. The lowest BCUT2D eigenvalue weighted by Gasteiger charge is -2.37. The van der Waals surface area contributed by atoms with Crippen LogP contribution in [-0.4, -0.2) is 53.8 Å². The molecule has 2 amide bonds. The predicted molar refractivity (Wildman–Crippen MR) is 113 cm³/mol. The van der Waals surface area contributed by atoms with Gasteiger partial charge in [-0.15, -0.1) is 0 Å². The van der Waals surface area contributed by atoms with Crippen molar-refractivity contribution >= 4 is 11.8 Å². The number of amides is 2. The zero-order valence-electron chi connectivity index (χ0n) is 17.1. The van der Waals surface area contributed by atoms with Crippen molar-refractivity contribution < 1.29 is 14.0 Å². The summed E-state index contributed by atoms with van der Waals surface area (Å²) in [5.74, 6) is -0.210. The van der Waals surface area contributed by atoms with Gasteiger partial charge in [0.15, 0.2) is 0 Å². The second-order valence-electron chi connectivity index (χ2n) is 8.15. The van der Waals surface area contributed by atoms with Crippen LogP contribution in [0.3, 0.4) is 0 Å². The fourth-order valence-corrected chi connectivity index (χ4v) is 4.37. The first-order chi connectivity index (χ1) is 14.6. The number of hydrogen-bond donors (Lipinski definition) is 1. The molecule has 2 aromatic rings. The molecule has 0 unspecified atom stereocenters. The number of fused-ring (bicyclic) bond motifs is 1. The van der Waals surface area contributed by atoms with Gasteiger partial charge in [0.05, 0.1) is 12.6 Å². The number of carbonyl (C=O) groups excluding carboxylic acids is 2. The van der Waals surface area contributed by atoms with Crippen molar-refractivity contribution in [2.24, 2.45) is 0 Å². The first-order valence-electron chi connectivity index (χ1n) is 10.7. The van der Waals surface area contributed by atoms with Gasteiger partial charge in [0.2, 0.25) is 11.8 Å². The lowest BCUT2D eigenvalue weighted by Crippen LogP contribution is -2.53. The topological polar surface area (TPSA) is 52.7 Å². The fraction of sp³-hybridized carbons (Fsp3) is 0.417. The fourth-order valence-electron chi connectivity index (χ4n) is 4.37. The Morgan fingerprint density at radius 3 is 2.43 bits per heavy atom. The van der Waals surface area contributed by atoms with Crippen molar-refractivity contribution in [1.29, 1.82) is 0 Å². The zero-order chi connectivity index (χ0) is 20.9. The van der Waals surface area contributed by atoms with Crippen molar-refractivity contribution in [3.8, 4) is 0 Å². The minimum Gasteiger partial charge on any atom is -0.355 e. The van der Waals surface area contributed by atoms with Gasteiger partial charge < -0.3 is 10.2 Å². The molecule has 1 atom stereocenters. The molecule has 0 saturated carbocycles. The Balaban J connectivity index is 1.38. The summed E-state index contributed by atoms with van der Waals surface area (Å²) in [6, 6.07) is 14.2. The lowest BCUT2D eigenvalue weighted by atomic mass is 9.93. The van der Waals surface area contributed by atoms with Gasteiger partial charge in [0, 0.05) is 26.2 Å². The summed E-state index contributed by atoms with van der Waals surface area (Å²) in [6.07, 6.45) is 3.40. The minimum absolute atomic E-state index is 0.0873. The number of nitrogens with zero attached hydrogens (tertiary/aromatic N) is 2. The van der Waals surface area contributed by atoms with Crippen molar-refractivity contribution in [3.05, 3.63) is 71.0 Å². The SMILES string of the molecule is O=C(CN1Cc2ccccc2C[C@@H]1C(=O)N1CCCC1)NCCc1ccc(F)cc1. The van der Waals surface area contributed by atoms with E-state index in [1.54, 1.807) is 12.1 Å². The van der Waals surface area contributed by atoms with E-state index in [9.17, 15) is 14.0 Å². The van der Waals surface area contributed by atoms with Gasteiger partial charge in [0.25, 0.3) is 0 Å². The van der Waals surface area contributed by atoms with Crippen LogP contribution < -0.4 is 5.32 Å². The average molecular weight is 410 g/mol. The normalized spacial score (nSPS) is 18.8. The van der Waals surface area contributed by atoms with Crippen molar-refractivity contribution in [2.75, 3.05) is 26.2 Å². The van der Waals surface area contributed by atoms with Gasteiger partial charge in [-0.05, 0) is 54.5 Å². The lowest BCUT2D eigenvalue weighted by molar-refractivity contribution is -0.137. The molecule has 1 saturated heterocycles. The molecule has 0 aromatic heterocycles. The maximum atomic E-state index is 13.2. The molecule has 1 fully saturated rings. The Bertz CT molecular complexity index is 894. The maximum Gasteiger partial charge on any atom is 0.240 e. The number of benzene rings is 2. The second-order valence-corrected chi connectivity index (χ2v) is 8.15. The summed E-state index contributed by atoms with van der Waals surface area (Å²) < 4.78 is 13.0. The molecular weight excluding hydrogens is 381 g/mol. The molecule has 2 aliphatic heterocycles. The highest BCUT2D eigenvalue weighted by atomic mass is 19.1. The zero-order valence-corrected chi connectivity index (χ0v) is 17.1. The first kappa shape index (κ1) is 20.5. The molecule has 0 spiro atoms. The number of likely N-dealkylation sites (tertiary alicyclic amines) is 1. The summed E-state index contributed by atoms with van der Waals surface area (Å²) >= 11 is 0. The van der Waals surface area contributed by atoms with Crippen LogP contribution in [0.5, 0.6) is 0 Å². The molecule has 4 rings (SSSR count). The number of hydrogen-bond acceptors (Lipinski definition) is 3. The van der Waals surface area contributed by atoms with E-state index in [-0.39, 0.29) is 30.2 Å². The highest BCUT2D eigenvalue weighted by Crippen LogP contribution is 2.25. The summed E-state index contributed by atoms with van der Waals surface area (Å²) in [5, 5.41) is 2.95. The number of halogens is 1. The molecule has 6 heteroatoms. The Labute approximate surface area is 176 Å². The molecule has 30 heavy (non-hydrogen) atoms. The van der Waals surface area contributed by atoms with E-state index in [0.717, 1.165) is 31.5 Å². The summed E-state index contributed by atoms with van der Waals surface area (Å²) in [6.45, 7) is 2.91. The smallest absolute Gasteiger partial charge is 0.240 e. The van der Waals surface area contributed by atoms with Crippen LogP contribution in [0.1, 0.15) is 29.5 Å². The molecule has 0 bridgehead atoms. The molecule has 1 N–H and O–H groups in total. The van der Waals surface area contributed by atoms with Crippen LogP contribution >= 0.6 is 0 Å².